The molecule has 0 saturated carbocycles. The standard InChI is InChI=1S/C38H42FN9O5S/c1-25-42-36(45-38(43-25)47(22-26-5-9-31(51-2)10-6-26)23-27-7-11-32(52-3)12-8-27)33-17-28(21-46-14-15-48-30(24-46)13-16-54(48,49)50)19-40-35(33)44-29-18-34(39)37(53-4)41-20-29/h5-12,17-20,30H,13-16,21-24H2,1-4H3,(H,40,44). The van der Waals surface area contributed by atoms with Gasteiger partial charge in [0.1, 0.15) is 23.1 Å². The molecule has 5 aromatic rings. The van der Waals surface area contributed by atoms with E-state index < -0.39 is 15.8 Å². The molecule has 282 valence electrons. The number of sulfonamides is 1. The summed E-state index contributed by atoms with van der Waals surface area (Å²) in [4.78, 5) is 27.8. The molecule has 0 spiro atoms. The Morgan fingerprint density at radius 2 is 1.54 bits per heavy atom. The van der Waals surface area contributed by atoms with E-state index in [9.17, 15) is 12.8 Å². The third-order valence-electron chi connectivity index (χ3n) is 9.52. The highest BCUT2D eigenvalue weighted by molar-refractivity contribution is 7.89. The Hall–Kier alpha value is -5.45. The molecule has 2 aliphatic heterocycles. The van der Waals surface area contributed by atoms with E-state index in [1.807, 2.05) is 61.5 Å². The zero-order valence-corrected chi connectivity index (χ0v) is 31.4. The first-order valence-electron chi connectivity index (χ1n) is 17.5. The second kappa shape index (κ2) is 15.9. The normalized spacial score (nSPS) is 16.8. The number of fused-ring (bicyclic) bond motifs is 1. The van der Waals surface area contributed by atoms with Crippen LogP contribution in [0.5, 0.6) is 17.4 Å². The van der Waals surface area contributed by atoms with Gasteiger partial charge in [0.15, 0.2) is 11.6 Å². The number of aryl methyl sites for hydroxylation is 1. The maximum absolute atomic E-state index is 14.7. The van der Waals surface area contributed by atoms with Crippen LogP contribution in [-0.4, -0.2) is 95.3 Å². The molecule has 5 heterocycles. The summed E-state index contributed by atoms with van der Waals surface area (Å²) in [5, 5.41) is 3.21. The maximum Gasteiger partial charge on any atom is 0.250 e. The van der Waals surface area contributed by atoms with Gasteiger partial charge in [-0.15, -0.1) is 0 Å². The zero-order chi connectivity index (χ0) is 37.8. The van der Waals surface area contributed by atoms with Crippen LogP contribution < -0.4 is 24.4 Å². The van der Waals surface area contributed by atoms with Crippen molar-refractivity contribution in [2.75, 3.05) is 56.9 Å². The van der Waals surface area contributed by atoms with Crippen LogP contribution in [0.25, 0.3) is 11.4 Å². The largest absolute Gasteiger partial charge is 0.497 e. The molecule has 0 amide bonds. The number of benzene rings is 2. The van der Waals surface area contributed by atoms with Crippen LogP contribution in [0, 0.1) is 12.7 Å². The van der Waals surface area contributed by atoms with Gasteiger partial charge in [0, 0.05) is 57.6 Å². The van der Waals surface area contributed by atoms with E-state index in [0.29, 0.717) is 80.4 Å². The fourth-order valence-corrected chi connectivity index (χ4v) is 8.57. The number of piperazine rings is 1. The number of nitrogens with zero attached hydrogens (tertiary/aromatic N) is 8. The first-order chi connectivity index (χ1) is 26.1. The predicted molar refractivity (Wildman–Crippen MR) is 202 cm³/mol. The van der Waals surface area contributed by atoms with Crippen LogP contribution >= 0.6 is 0 Å². The van der Waals surface area contributed by atoms with Crippen LogP contribution in [0.1, 0.15) is 28.9 Å². The van der Waals surface area contributed by atoms with Gasteiger partial charge in [-0.25, -0.2) is 27.8 Å². The summed E-state index contributed by atoms with van der Waals surface area (Å²) in [5.74, 6) is 2.68. The molecule has 3 aromatic heterocycles. The number of methoxy groups -OCH3 is 3. The van der Waals surface area contributed by atoms with Gasteiger partial charge in [0.25, 0.3) is 0 Å². The second-order valence-corrected chi connectivity index (χ2v) is 15.3. The number of hydrogen-bond donors (Lipinski definition) is 1. The highest BCUT2D eigenvalue weighted by Gasteiger charge is 2.40. The third kappa shape index (κ3) is 8.35. The van der Waals surface area contributed by atoms with Crippen LogP contribution in [0.4, 0.5) is 21.8 Å². The fourth-order valence-electron chi connectivity index (χ4n) is 6.78. The Kier molecular flexibility index (Phi) is 10.8. The number of pyridine rings is 2. The van der Waals surface area contributed by atoms with Crippen molar-refractivity contribution >= 4 is 27.5 Å². The van der Waals surface area contributed by atoms with Gasteiger partial charge in [-0.3, -0.25) is 4.90 Å². The number of ether oxygens (including phenoxy) is 3. The summed E-state index contributed by atoms with van der Waals surface area (Å²) in [6, 6.07) is 18.9. The molecule has 1 N–H and O–H groups in total. The monoisotopic (exact) mass is 755 g/mol. The average molecular weight is 756 g/mol. The van der Waals surface area contributed by atoms with Gasteiger partial charge >= 0.3 is 0 Å². The molecule has 1 atom stereocenters. The molecule has 14 nitrogen and oxygen atoms in total. The van der Waals surface area contributed by atoms with Crippen molar-refractivity contribution in [3.63, 3.8) is 0 Å². The van der Waals surface area contributed by atoms with Crippen LogP contribution in [0.3, 0.4) is 0 Å². The van der Waals surface area contributed by atoms with Crippen LogP contribution in [0.15, 0.2) is 73.1 Å². The highest BCUT2D eigenvalue weighted by atomic mass is 32.2. The van der Waals surface area contributed by atoms with E-state index in [2.05, 4.69) is 20.1 Å². The van der Waals surface area contributed by atoms with E-state index in [4.69, 9.17) is 34.1 Å². The first kappa shape index (κ1) is 36.9. The molecule has 2 aliphatic rings. The molecule has 16 heteroatoms. The molecule has 2 saturated heterocycles. The maximum atomic E-state index is 14.7. The van der Waals surface area contributed by atoms with Gasteiger partial charge in [-0.1, -0.05) is 24.3 Å². The van der Waals surface area contributed by atoms with E-state index >= 15 is 0 Å². The minimum absolute atomic E-state index is 0.0364. The Bertz CT molecular complexity index is 2160. The average Bonchev–Trinajstić information content (AvgIpc) is 3.48. The van der Waals surface area contributed by atoms with Crippen molar-refractivity contribution < 1.29 is 27.0 Å². The Morgan fingerprint density at radius 1 is 0.852 bits per heavy atom. The van der Waals surface area contributed by atoms with Gasteiger partial charge in [-0.2, -0.15) is 14.3 Å². The van der Waals surface area contributed by atoms with Crippen LogP contribution in [-0.2, 0) is 29.7 Å². The number of anilines is 3. The molecule has 7 rings (SSSR count). The Morgan fingerprint density at radius 3 is 2.17 bits per heavy atom. The Labute approximate surface area is 314 Å². The number of aromatic nitrogens is 5. The molecule has 54 heavy (non-hydrogen) atoms. The second-order valence-electron chi connectivity index (χ2n) is 13.2. The summed E-state index contributed by atoms with van der Waals surface area (Å²) in [6.45, 7) is 5.02. The van der Waals surface area contributed by atoms with E-state index in [1.54, 1.807) is 24.7 Å². The van der Waals surface area contributed by atoms with Crippen molar-refractivity contribution in [3.8, 4) is 28.8 Å². The number of hydrogen-bond acceptors (Lipinski definition) is 13. The predicted octanol–water partition coefficient (Wildman–Crippen LogP) is 4.97. The van der Waals surface area contributed by atoms with Crippen molar-refractivity contribution in [1.29, 1.82) is 0 Å². The first-order valence-corrected chi connectivity index (χ1v) is 19.1. The number of rotatable bonds is 13. The quantitative estimate of drug-likeness (QED) is 0.173. The minimum Gasteiger partial charge on any atom is -0.497 e. The lowest BCUT2D eigenvalue weighted by atomic mass is 10.1. The molecule has 0 radical (unpaired) electrons. The van der Waals surface area contributed by atoms with Gasteiger partial charge in [-0.05, 0) is 60.4 Å². The summed E-state index contributed by atoms with van der Waals surface area (Å²) < 4.78 is 57.1. The number of halogens is 1. The van der Waals surface area contributed by atoms with Crippen molar-refractivity contribution in [1.82, 2.24) is 34.1 Å². The summed E-state index contributed by atoms with van der Waals surface area (Å²) in [7, 11) is 1.45. The molecule has 2 fully saturated rings. The topological polar surface area (TPSA) is 148 Å². The lowest BCUT2D eigenvalue weighted by molar-refractivity contribution is 0.138. The molecule has 0 bridgehead atoms. The van der Waals surface area contributed by atoms with Crippen molar-refractivity contribution in [2.24, 2.45) is 0 Å². The molecule has 0 aliphatic carbocycles. The molecule has 2 aromatic carbocycles. The molecular formula is C38H42FN9O5S. The summed E-state index contributed by atoms with van der Waals surface area (Å²) >= 11 is 0. The highest BCUT2D eigenvalue weighted by Crippen LogP contribution is 2.32. The van der Waals surface area contributed by atoms with E-state index in [0.717, 1.165) is 28.2 Å². The SMILES string of the molecule is COc1ccc(CN(Cc2ccc(OC)cc2)c2nc(C)nc(-c3cc(CN4CCN5C(CCS5(=O)=O)C4)cnc3Nc3cnc(OC)c(F)c3)n2)cc1. The molecule has 1 unspecified atom stereocenters. The van der Waals surface area contributed by atoms with E-state index in [-0.39, 0.29) is 17.7 Å². The minimum atomic E-state index is -3.18. The fraction of sp³-hybridized carbons (Fsp3) is 0.342. The Balaban J connectivity index is 1.25. The van der Waals surface area contributed by atoms with Gasteiger partial charge in [0.2, 0.25) is 21.9 Å². The number of nitrogens with one attached hydrogen (secondary N) is 1. The smallest absolute Gasteiger partial charge is 0.250 e. The zero-order valence-electron chi connectivity index (χ0n) is 30.6. The lowest BCUT2D eigenvalue weighted by Gasteiger charge is -2.36. The lowest BCUT2D eigenvalue weighted by Crippen LogP contribution is -2.50. The summed E-state index contributed by atoms with van der Waals surface area (Å²) in [5.41, 5.74) is 3.88. The van der Waals surface area contributed by atoms with Crippen molar-refractivity contribution in [2.45, 2.75) is 39.0 Å². The third-order valence-corrected chi connectivity index (χ3v) is 11.5. The van der Waals surface area contributed by atoms with Gasteiger partial charge < -0.3 is 24.4 Å². The van der Waals surface area contributed by atoms with Crippen molar-refractivity contribution in [3.05, 3.63) is 101 Å². The van der Waals surface area contributed by atoms with E-state index in [1.165, 1.54) is 19.4 Å². The van der Waals surface area contributed by atoms with Crippen LogP contribution in [0.2, 0.25) is 0 Å². The molecular weight excluding hydrogens is 714 g/mol. The van der Waals surface area contributed by atoms with Gasteiger partial charge in [0.05, 0.1) is 44.5 Å². The summed E-state index contributed by atoms with van der Waals surface area (Å²) in [6.07, 6.45) is 3.84.